The largest absolute Gasteiger partial charge is 0.367 e. The van der Waals surface area contributed by atoms with E-state index in [1.165, 1.54) is 0 Å². The molecule has 1 aliphatic rings. The van der Waals surface area contributed by atoms with Gasteiger partial charge in [0, 0.05) is 6.61 Å². The Morgan fingerprint density at radius 2 is 2.21 bits per heavy atom. The lowest BCUT2D eigenvalue weighted by Crippen LogP contribution is -2.28. The van der Waals surface area contributed by atoms with Gasteiger partial charge >= 0.3 is 5.69 Å². The standard InChI is InChI=1S/C9H15N3O2/c1-2-14-9(5-3-4-6-9)7-10-8(13)12-11-7/h2-6H2,1H3,(H2,10,11,12,13). The van der Waals surface area contributed by atoms with Crippen molar-refractivity contribution >= 4 is 0 Å². The van der Waals surface area contributed by atoms with Crippen molar-refractivity contribution in [3.63, 3.8) is 0 Å². The highest BCUT2D eigenvalue weighted by atomic mass is 16.5. The number of aromatic nitrogens is 3. The molecule has 1 aromatic rings. The average Bonchev–Trinajstić information content (AvgIpc) is 2.75. The van der Waals surface area contributed by atoms with E-state index in [1.807, 2.05) is 6.92 Å². The first kappa shape index (κ1) is 9.45. The van der Waals surface area contributed by atoms with Gasteiger partial charge < -0.3 is 4.74 Å². The van der Waals surface area contributed by atoms with E-state index in [-0.39, 0.29) is 11.3 Å². The Kier molecular flexibility index (Phi) is 2.41. The summed E-state index contributed by atoms with van der Waals surface area (Å²) in [7, 11) is 0. The molecule has 0 amide bonds. The Balaban J connectivity index is 2.30. The van der Waals surface area contributed by atoms with E-state index >= 15 is 0 Å². The fourth-order valence-corrected chi connectivity index (χ4v) is 2.16. The molecule has 0 atom stereocenters. The number of hydrogen-bond donors (Lipinski definition) is 2. The first-order chi connectivity index (χ1) is 6.77. The fourth-order valence-electron chi connectivity index (χ4n) is 2.16. The maximum absolute atomic E-state index is 11.0. The zero-order chi connectivity index (χ0) is 10.0. The van der Waals surface area contributed by atoms with Crippen molar-refractivity contribution in [2.75, 3.05) is 6.61 Å². The Morgan fingerprint density at radius 3 is 2.71 bits per heavy atom. The van der Waals surface area contributed by atoms with Gasteiger partial charge in [-0.25, -0.2) is 9.89 Å². The molecule has 14 heavy (non-hydrogen) atoms. The van der Waals surface area contributed by atoms with E-state index in [9.17, 15) is 4.79 Å². The second-order valence-corrected chi connectivity index (χ2v) is 3.66. The molecular weight excluding hydrogens is 182 g/mol. The van der Waals surface area contributed by atoms with Gasteiger partial charge in [-0.15, -0.1) is 0 Å². The molecule has 1 fully saturated rings. The van der Waals surface area contributed by atoms with Gasteiger partial charge in [0.1, 0.15) is 5.60 Å². The summed E-state index contributed by atoms with van der Waals surface area (Å²) in [5.41, 5.74) is -0.598. The van der Waals surface area contributed by atoms with Crippen LogP contribution in [0, 0.1) is 0 Å². The number of rotatable bonds is 3. The predicted molar refractivity (Wildman–Crippen MR) is 51.0 cm³/mol. The Morgan fingerprint density at radius 1 is 1.50 bits per heavy atom. The molecule has 78 valence electrons. The summed E-state index contributed by atoms with van der Waals surface area (Å²) in [5, 5.41) is 6.36. The monoisotopic (exact) mass is 197 g/mol. The summed E-state index contributed by atoms with van der Waals surface area (Å²) >= 11 is 0. The van der Waals surface area contributed by atoms with Gasteiger partial charge in [0.15, 0.2) is 5.82 Å². The lowest BCUT2D eigenvalue weighted by atomic mass is 10.0. The molecule has 2 N–H and O–H groups in total. The minimum Gasteiger partial charge on any atom is -0.367 e. The molecule has 1 aromatic heterocycles. The average molecular weight is 197 g/mol. The van der Waals surface area contributed by atoms with Crippen LogP contribution < -0.4 is 5.69 Å². The van der Waals surface area contributed by atoms with Crippen molar-refractivity contribution in [1.82, 2.24) is 15.2 Å². The molecule has 1 heterocycles. The Bertz CT molecular complexity index is 349. The van der Waals surface area contributed by atoms with E-state index in [1.54, 1.807) is 0 Å². The minimum absolute atomic E-state index is 0.258. The van der Waals surface area contributed by atoms with Crippen molar-refractivity contribution < 1.29 is 4.74 Å². The SMILES string of the molecule is CCOC1(c2n[nH]c(=O)[nH]2)CCCC1. The third-order valence-electron chi connectivity index (χ3n) is 2.76. The number of hydrogen-bond acceptors (Lipinski definition) is 3. The topological polar surface area (TPSA) is 70.8 Å². The number of ether oxygens (including phenoxy) is 1. The third-order valence-corrected chi connectivity index (χ3v) is 2.76. The van der Waals surface area contributed by atoms with Gasteiger partial charge in [-0.3, -0.25) is 4.98 Å². The summed E-state index contributed by atoms with van der Waals surface area (Å²) in [5.74, 6) is 0.654. The van der Waals surface area contributed by atoms with Crippen LogP contribution in [0.1, 0.15) is 38.4 Å². The fraction of sp³-hybridized carbons (Fsp3) is 0.778. The maximum atomic E-state index is 11.0. The molecule has 0 spiro atoms. The number of nitrogens with zero attached hydrogens (tertiary/aromatic N) is 1. The lowest BCUT2D eigenvalue weighted by Gasteiger charge is -2.25. The first-order valence-corrected chi connectivity index (χ1v) is 5.06. The van der Waals surface area contributed by atoms with Crippen LogP contribution in [0.4, 0.5) is 0 Å². The predicted octanol–water partition coefficient (Wildman–Crippen LogP) is 0.904. The van der Waals surface area contributed by atoms with Crippen LogP contribution in [0.2, 0.25) is 0 Å². The minimum atomic E-state index is -0.339. The summed E-state index contributed by atoms with van der Waals surface area (Å²) in [6.07, 6.45) is 4.16. The molecule has 0 unspecified atom stereocenters. The van der Waals surface area contributed by atoms with Gasteiger partial charge in [0.05, 0.1) is 0 Å². The van der Waals surface area contributed by atoms with Crippen LogP contribution in [0.25, 0.3) is 0 Å². The summed E-state index contributed by atoms with van der Waals surface area (Å²) in [4.78, 5) is 13.7. The summed E-state index contributed by atoms with van der Waals surface area (Å²) < 4.78 is 5.74. The highest BCUT2D eigenvalue weighted by molar-refractivity contribution is 5.03. The molecule has 5 nitrogen and oxygen atoms in total. The van der Waals surface area contributed by atoms with E-state index in [0.29, 0.717) is 12.4 Å². The number of nitrogens with one attached hydrogen (secondary N) is 2. The number of aromatic amines is 2. The molecule has 1 saturated carbocycles. The molecular formula is C9H15N3O2. The molecule has 0 radical (unpaired) electrons. The molecule has 0 bridgehead atoms. The van der Waals surface area contributed by atoms with Crippen LogP contribution in [0.3, 0.4) is 0 Å². The zero-order valence-corrected chi connectivity index (χ0v) is 8.30. The van der Waals surface area contributed by atoms with Crippen molar-refractivity contribution in [2.45, 2.75) is 38.2 Å². The molecule has 0 aromatic carbocycles. The lowest BCUT2D eigenvalue weighted by molar-refractivity contribution is -0.0454. The van der Waals surface area contributed by atoms with Crippen molar-refractivity contribution in [3.8, 4) is 0 Å². The second-order valence-electron chi connectivity index (χ2n) is 3.66. The Labute approximate surface area is 81.9 Å². The van der Waals surface area contributed by atoms with Gasteiger partial charge in [-0.1, -0.05) is 0 Å². The normalized spacial score (nSPS) is 20.1. The first-order valence-electron chi connectivity index (χ1n) is 5.06. The molecule has 0 aliphatic heterocycles. The molecule has 2 rings (SSSR count). The van der Waals surface area contributed by atoms with E-state index in [4.69, 9.17) is 4.74 Å². The summed E-state index contributed by atoms with van der Waals surface area (Å²) in [6, 6.07) is 0. The quantitative estimate of drug-likeness (QED) is 0.756. The third kappa shape index (κ3) is 1.48. The van der Waals surface area contributed by atoms with E-state index in [2.05, 4.69) is 15.2 Å². The van der Waals surface area contributed by atoms with Gasteiger partial charge in [-0.05, 0) is 32.6 Å². The van der Waals surface area contributed by atoms with Crippen molar-refractivity contribution in [2.24, 2.45) is 0 Å². The molecule has 0 saturated heterocycles. The maximum Gasteiger partial charge on any atom is 0.340 e. The van der Waals surface area contributed by atoms with Crippen LogP contribution in [-0.4, -0.2) is 21.8 Å². The van der Waals surface area contributed by atoms with Gasteiger partial charge in [-0.2, -0.15) is 5.10 Å². The Hall–Kier alpha value is -1.10. The van der Waals surface area contributed by atoms with Gasteiger partial charge in [0.25, 0.3) is 0 Å². The highest BCUT2D eigenvalue weighted by Crippen LogP contribution is 2.39. The van der Waals surface area contributed by atoms with Crippen LogP contribution >= 0.6 is 0 Å². The van der Waals surface area contributed by atoms with E-state index < -0.39 is 0 Å². The van der Waals surface area contributed by atoms with Gasteiger partial charge in [0.2, 0.25) is 0 Å². The molecule has 1 aliphatic carbocycles. The zero-order valence-electron chi connectivity index (χ0n) is 8.30. The van der Waals surface area contributed by atoms with E-state index in [0.717, 1.165) is 25.7 Å². The smallest absolute Gasteiger partial charge is 0.340 e. The van der Waals surface area contributed by atoms with Crippen molar-refractivity contribution in [3.05, 3.63) is 16.3 Å². The molecule has 5 heteroatoms. The highest BCUT2D eigenvalue weighted by Gasteiger charge is 2.39. The summed E-state index contributed by atoms with van der Waals surface area (Å²) in [6.45, 7) is 2.61. The van der Waals surface area contributed by atoms with Crippen LogP contribution in [0.15, 0.2) is 4.79 Å². The van der Waals surface area contributed by atoms with Crippen molar-refractivity contribution in [1.29, 1.82) is 0 Å². The number of H-pyrrole nitrogens is 2. The van der Waals surface area contributed by atoms with Crippen LogP contribution in [0.5, 0.6) is 0 Å². The second kappa shape index (κ2) is 3.57. The van der Waals surface area contributed by atoms with Crippen LogP contribution in [-0.2, 0) is 10.3 Å².